The lowest BCUT2D eigenvalue weighted by atomic mass is 9.99. The molecular weight excluding hydrogens is 260 g/mol. The summed E-state index contributed by atoms with van der Waals surface area (Å²) in [4.78, 5) is 0.277. The maximum atomic E-state index is 12.3. The van der Waals surface area contributed by atoms with E-state index in [4.69, 9.17) is 4.18 Å². The number of benzene rings is 1. The fraction of sp³-hybridized carbons (Fsp3) is 0.600. The van der Waals surface area contributed by atoms with Crippen LogP contribution in [0.3, 0.4) is 0 Å². The molecule has 2 saturated carbocycles. The van der Waals surface area contributed by atoms with Gasteiger partial charge in [-0.1, -0.05) is 30.5 Å². The summed E-state index contributed by atoms with van der Waals surface area (Å²) in [5.74, 6) is 1.15. The van der Waals surface area contributed by atoms with Crippen molar-refractivity contribution in [3.63, 3.8) is 0 Å². The molecule has 104 valence electrons. The summed E-state index contributed by atoms with van der Waals surface area (Å²) in [5, 5.41) is 0. The van der Waals surface area contributed by atoms with Gasteiger partial charge in [0.05, 0.1) is 11.0 Å². The molecule has 0 spiro atoms. The molecule has 3 atom stereocenters. The van der Waals surface area contributed by atoms with E-state index in [0.29, 0.717) is 11.8 Å². The third-order valence-electron chi connectivity index (χ3n) is 4.58. The van der Waals surface area contributed by atoms with Crippen LogP contribution in [0.15, 0.2) is 29.2 Å². The Bertz CT molecular complexity index is 547. The zero-order chi connectivity index (χ0) is 13.5. The van der Waals surface area contributed by atoms with Gasteiger partial charge in [0.15, 0.2) is 0 Å². The summed E-state index contributed by atoms with van der Waals surface area (Å²) in [6.45, 7) is 1.94. The first-order chi connectivity index (χ1) is 9.06. The predicted molar refractivity (Wildman–Crippen MR) is 73.3 cm³/mol. The minimum absolute atomic E-state index is 0.0983. The van der Waals surface area contributed by atoms with Gasteiger partial charge in [0, 0.05) is 0 Å². The van der Waals surface area contributed by atoms with Crippen LogP contribution in [0.4, 0.5) is 0 Å². The molecule has 2 aliphatic rings. The molecule has 0 amide bonds. The van der Waals surface area contributed by atoms with Crippen LogP contribution >= 0.6 is 0 Å². The summed E-state index contributed by atoms with van der Waals surface area (Å²) < 4.78 is 30.0. The van der Waals surface area contributed by atoms with Crippen LogP contribution in [0.1, 0.15) is 37.7 Å². The molecule has 1 aromatic carbocycles. The molecule has 4 heteroatoms. The van der Waals surface area contributed by atoms with Crippen LogP contribution in [0.5, 0.6) is 0 Å². The Morgan fingerprint density at radius 2 is 1.79 bits per heavy atom. The minimum atomic E-state index is -3.60. The van der Waals surface area contributed by atoms with E-state index in [-0.39, 0.29) is 11.0 Å². The number of rotatable bonds is 3. The molecule has 2 aliphatic carbocycles. The SMILES string of the molecule is Cc1ccc(S(=O)(=O)O[C@H]2CC[C@H]3CCC[C@H]32)cc1. The van der Waals surface area contributed by atoms with Crippen molar-refractivity contribution in [3.05, 3.63) is 29.8 Å². The van der Waals surface area contributed by atoms with E-state index in [1.807, 2.05) is 19.1 Å². The minimum Gasteiger partial charge on any atom is -0.263 e. The average molecular weight is 280 g/mol. The lowest BCUT2D eigenvalue weighted by Crippen LogP contribution is -2.23. The normalized spacial score (nSPS) is 30.5. The van der Waals surface area contributed by atoms with Crippen LogP contribution in [0.2, 0.25) is 0 Å². The molecule has 0 radical (unpaired) electrons. The Hall–Kier alpha value is -0.870. The van der Waals surface area contributed by atoms with E-state index in [1.54, 1.807) is 12.1 Å². The second kappa shape index (κ2) is 4.91. The van der Waals surface area contributed by atoms with E-state index >= 15 is 0 Å². The highest BCUT2D eigenvalue weighted by Gasteiger charge is 2.41. The first-order valence-electron chi connectivity index (χ1n) is 7.06. The first-order valence-corrected chi connectivity index (χ1v) is 8.47. The summed E-state index contributed by atoms with van der Waals surface area (Å²) in [7, 11) is -3.60. The van der Waals surface area contributed by atoms with Crippen LogP contribution in [-0.4, -0.2) is 14.5 Å². The van der Waals surface area contributed by atoms with Crippen LogP contribution in [0.25, 0.3) is 0 Å². The van der Waals surface area contributed by atoms with Gasteiger partial charge in [-0.05, 0) is 50.2 Å². The monoisotopic (exact) mass is 280 g/mol. The van der Waals surface area contributed by atoms with Gasteiger partial charge in [-0.15, -0.1) is 0 Å². The fourth-order valence-electron chi connectivity index (χ4n) is 3.55. The molecule has 3 rings (SSSR count). The van der Waals surface area contributed by atoms with Crippen molar-refractivity contribution in [3.8, 4) is 0 Å². The summed E-state index contributed by atoms with van der Waals surface area (Å²) in [5.41, 5.74) is 1.05. The molecule has 0 aliphatic heterocycles. The highest BCUT2D eigenvalue weighted by molar-refractivity contribution is 7.86. The largest absolute Gasteiger partial charge is 0.297 e. The van der Waals surface area contributed by atoms with Crippen LogP contribution < -0.4 is 0 Å². The van der Waals surface area contributed by atoms with Crippen molar-refractivity contribution < 1.29 is 12.6 Å². The molecule has 2 fully saturated rings. The van der Waals surface area contributed by atoms with E-state index in [0.717, 1.165) is 24.8 Å². The summed E-state index contributed by atoms with van der Waals surface area (Å²) >= 11 is 0. The molecule has 0 bridgehead atoms. The second-order valence-corrected chi connectivity index (χ2v) is 7.41. The molecule has 0 heterocycles. The number of hydrogen-bond donors (Lipinski definition) is 0. The zero-order valence-electron chi connectivity index (χ0n) is 11.2. The Labute approximate surface area is 115 Å². The van der Waals surface area contributed by atoms with Gasteiger partial charge in [-0.3, -0.25) is 4.18 Å². The van der Waals surface area contributed by atoms with Crippen LogP contribution in [-0.2, 0) is 14.3 Å². The Balaban J connectivity index is 1.76. The second-order valence-electron chi connectivity index (χ2n) is 5.83. The predicted octanol–water partition coefficient (Wildman–Crippen LogP) is 3.28. The van der Waals surface area contributed by atoms with Crippen molar-refractivity contribution in [2.45, 2.75) is 50.0 Å². The average Bonchev–Trinajstić information content (AvgIpc) is 2.95. The number of aryl methyl sites for hydroxylation is 1. The van der Waals surface area contributed by atoms with Gasteiger partial charge in [-0.2, -0.15) is 8.42 Å². The van der Waals surface area contributed by atoms with Gasteiger partial charge in [0.1, 0.15) is 0 Å². The maximum Gasteiger partial charge on any atom is 0.297 e. The lowest BCUT2D eigenvalue weighted by Gasteiger charge is -2.18. The Morgan fingerprint density at radius 3 is 2.53 bits per heavy atom. The third-order valence-corrected chi connectivity index (χ3v) is 5.93. The molecule has 0 N–H and O–H groups in total. The Kier molecular flexibility index (Phi) is 3.39. The van der Waals surface area contributed by atoms with E-state index < -0.39 is 10.1 Å². The van der Waals surface area contributed by atoms with Crippen molar-refractivity contribution in [1.82, 2.24) is 0 Å². The summed E-state index contributed by atoms with van der Waals surface area (Å²) in [6, 6.07) is 6.88. The van der Waals surface area contributed by atoms with Crippen molar-refractivity contribution >= 4 is 10.1 Å². The molecule has 0 aromatic heterocycles. The first kappa shape index (κ1) is 13.1. The molecule has 0 unspecified atom stereocenters. The van der Waals surface area contributed by atoms with Gasteiger partial charge in [0.25, 0.3) is 10.1 Å². The summed E-state index contributed by atoms with van der Waals surface area (Å²) in [6.07, 6.45) is 5.51. The Morgan fingerprint density at radius 1 is 1.05 bits per heavy atom. The molecule has 1 aromatic rings. The molecule has 0 saturated heterocycles. The van der Waals surface area contributed by atoms with Crippen molar-refractivity contribution in [1.29, 1.82) is 0 Å². The van der Waals surface area contributed by atoms with Gasteiger partial charge in [-0.25, -0.2) is 0 Å². The smallest absolute Gasteiger partial charge is 0.263 e. The highest BCUT2D eigenvalue weighted by atomic mass is 32.2. The van der Waals surface area contributed by atoms with Gasteiger partial charge >= 0.3 is 0 Å². The quantitative estimate of drug-likeness (QED) is 0.798. The van der Waals surface area contributed by atoms with Gasteiger partial charge < -0.3 is 0 Å². The molecule has 19 heavy (non-hydrogen) atoms. The fourth-order valence-corrected chi connectivity index (χ4v) is 4.69. The van der Waals surface area contributed by atoms with Gasteiger partial charge in [0.2, 0.25) is 0 Å². The van der Waals surface area contributed by atoms with Crippen molar-refractivity contribution in [2.24, 2.45) is 11.8 Å². The van der Waals surface area contributed by atoms with E-state index in [9.17, 15) is 8.42 Å². The lowest BCUT2D eigenvalue weighted by molar-refractivity contribution is 0.159. The number of hydrogen-bond acceptors (Lipinski definition) is 3. The van der Waals surface area contributed by atoms with E-state index in [1.165, 1.54) is 12.8 Å². The standard InChI is InChI=1S/C15H20O3S/c1-11-5-8-13(9-6-11)19(16,17)18-15-10-7-12-3-2-4-14(12)15/h5-6,8-9,12,14-15H,2-4,7,10H2,1H3/t12-,14-,15+/m1/s1. The number of fused-ring (bicyclic) bond motifs is 1. The van der Waals surface area contributed by atoms with Crippen molar-refractivity contribution in [2.75, 3.05) is 0 Å². The molecule has 3 nitrogen and oxygen atoms in total. The molecular formula is C15H20O3S. The highest BCUT2D eigenvalue weighted by Crippen LogP contribution is 2.46. The maximum absolute atomic E-state index is 12.3. The zero-order valence-corrected chi connectivity index (χ0v) is 12.0. The topological polar surface area (TPSA) is 43.4 Å². The van der Waals surface area contributed by atoms with Crippen LogP contribution in [0, 0.1) is 18.8 Å². The third kappa shape index (κ3) is 2.56. The van der Waals surface area contributed by atoms with E-state index in [2.05, 4.69) is 0 Å².